The Morgan fingerprint density at radius 1 is 0.962 bits per heavy atom. The van der Waals surface area contributed by atoms with Gasteiger partial charge in [0.15, 0.2) is 5.82 Å². The Kier molecular flexibility index (Phi) is 3.68. The zero-order valence-electron chi connectivity index (χ0n) is 14.5. The van der Waals surface area contributed by atoms with Crippen LogP contribution in [0.4, 0.5) is 5.82 Å². The molecule has 0 atom stereocenters. The molecule has 4 heterocycles. The van der Waals surface area contributed by atoms with Crippen LogP contribution >= 0.6 is 11.3 Å². The highest BCUT2D eigenvalue weighted by atomic mass is 32.1. The summed E-state index contributed by atoms with van der Waals surface area (Å²) in [5.74, 6) is 1.76. The van der Waals surface area contributed by atoms with Gasteiger partial charge < -0.3 is 4.90 Å². The second-order valence-electron chi connectivity index (χ2n) is 6.51. The molecule has 1 aromatic carbocycles. The molecule has 1 aliphatic heterocycles. The summed E-state index contributed by atoms with van der Waals surface area (Å²) >= 11 is 1.74. The molecule has 0 spiro atoms. The highest BCUT2D eigenvalue weighted by molar-refractivity contribution is 7.19. The fourth-order valence-electron chi connectivity index (χ4n) is 3.41. The molecule has 3 aromatic heterocycles. The second-order valence-corrected chi connectivity index (χ2v) is 7.71. The van der Waals surface area contributed by atoms with Crippen molar-refractivity contribution in [1.29, 1.82) is 0 Å². The summed E-state index contributed by atoms with van der Waals surface area (Å²) in [6, 6.07) is 16.4. The standard InChI is InChI=1S/C21H18N4S/c1-14-17(15-8-3-2-4-9-15)18-20(25-12-7-13-25)23-19(24-21(18)26-14)16-10-5-6-11-22-16/h2-6,8-11H,7,12-13H2,1H3. The third kappa shape index (κ3) is 2.47. The van der Waals surface area contributed by atoms with Crippen molar-refractivity contribution in [3.63, 3.8) is 0 Å². The number of thiophene rings is 1. The monoisotopic (exact) mass is 358 g/mol. The van der Waals surface area contributed by atoms with Gasteiger partial charge in [0.25, 0.3) is 0 Å². The van der Waals surface area contributed by atoms with Gasteiger partial charge in [0, 0.05) is 29.7 Å². The normalized spacial score (nSPS) is 13.8. The smallest absolute Gasteiger partial charge is 0.181 e. The van der Waals surface area contributed by atoms with Crippen LogP contribution in [0.5, 0.6) is 0 Å². The van der Waals surface area contributed by atoms with E-state index in [-0.39, 0.29) is 0 Å². The highest BCUT2D eigenvalue weighted by Gasteiger charge is 2.25. The maximum absolute atomic E-state index is 4.95. The zero-order valence-corrected chi connectivity index (χ0v) is 15.3. The molecule has 0 aliphatic carbocycles. The molecular formula is C21H18N4S. The van der Waals surface area contributed by atoms with E-state index in [4.69, 9.17) is 9.97 Å². The van der Waals surface area contributed by atoms with E-state index in [1.54, 1.807) is 17.5 Å². The van der Waals surface area contributed by atoms with Crippen molar-refractivity contribution in [2.24, 2.45) is 0 Å². The fraction of sp³-hybridized carbons (Fsp3) is 0.190. The number of nitrogens with zero attached hydrogens (tertiary/aromatic N) is 4. The first-order valence-electron chi connectivity index (χ1n) is 8.84. The summed E-state index contributed by atoms with van der Waals surface area (Å²) in [4.78, 5) is 18.9. The Labute approximate surface area is 156 Å². The van der Waals surface area contributed by atoms with Crippen LogP contribution in [-0.2, 0) is 0 Å². The van der Waals surface area contributed by atoms with Gasteiger partial charge >= 0.3 is 0 Å². The predicted molar refractivity (Wildman–Crippen MR) is 108 cm³/mol. The molecule has 5 heteroatoms. The van der Waals surface area contributed by atoms with Crippen molar-refractivity contribution < 1.29 is 0 Å². The van der Waals surface area contributed by atoms with Crippen LogP contribution in [0, 0.1) is 6.92 Å². The number of fused-ring (bicyclic) bond motifs is 1. The van der Waals surface area contributed by atoms with Crippen LogP contribution < -0.4 is 4.90 Å². The molecule has 128 valence electrons. The van der Waals surface area contributed by atoms with Crippen LogP contribution in [0.25, 0.3) is 32.9 Å². The topological polar surface area (TPSA) is 41.9 Å². The third-order valence-corrected chi connectivity index (χ3v) is 5.82. The van der Waals surface area contributed by atoms with Crippen LogP contribution in [-0.4, -0.2) is 28.0 Å². The second kappa shape index (κ2) is 6.18. The van der Waals surface area contributed by atoms with E-state index in [9.17, 15) is 0 Å². The summed E-state index contributed by atoms with van der Waals surface area (Å²) < 4.78 is 0. The molecule has 26 heavy (non-hydrogen) atoms. The molecule has 1 saturated heterocycles. The first kappa shape index (κ1) is 15.5. The molecule has 4 nitrogen and oxygen atoms in total. The van der Waals surface area contributed by atoms with Crippen molar-refractivity contribution in [2.45, 2.75) is 13.3 Å². The SMILES string of the molecule is Cc1sc2nc(-c3ccccn3)nc(N3CCC3)c2c1-c1ccccc1. The Bertz CT molecular complexity index is 1070. The molecule has 0 saturated carbocycles. The number of rotatable bonds is 3. The Morgan fingerprint density at radius 3 is 2.46 bits per heavy atom. The van der Waals surface area contributed by atoms with Crippen molar-refractivity contribution in [3.05, 3.63) is 59.6 Å². The maximum Gasteiger partial charge on any atom is 0.181 e. The highest BCUT2D eigenvalue weighted by Crippen LogP contribution is 2.43. The Balaban J connectivity index is 1.79. The van der Waals surface area contributed by atoms with Crippen molar-refractivity contribution in [1.82, 2.24) is 15.0 Å². The molecule has 0 bridgehead atoms. The van der Waals surface area contributed by atoms with E-state index in [1.807, 2.05) is 18.2 Å². The van der Waals surface area contributed by atoms with E-state index in [0.717, 1.165) is 29.4 Å². The zero-order chi connectivity index (χ0) is 17.5. The lowest BCUT2D eigenvalue weighted by Crippen LogP contribution is -2.37. The van der Waals surface area contributed by atoms with Crippen LogP contribution in [0.3, 0.4) is 0 Å². The first-order chi connectivity index (χ1) is 12.8. The minimum atomic E-state index is 0.709. The average Bonchev–Trinajstić information content (AvgIpc) is 2.97. The molecule has 1 aliphatic rings. The number of benzene rings is 1. The van der Waals surface area contributed by atoms with E-state index >= 15 is 0 Å². The van der Waals surface area contributed by atoms with Gasteiger partial charge in [-0.25, -0.2) is 9.97 Å². The summed E-state index contributed by atoms with van der Waals surface area (Å²) in [5.41, 5.74) is 3.32. The number of aromatic nitrogens is 3. The molecule has 0 amide bonds. The number of anilines is 1. The average molecular weight is 358 g/mol. The van der Waals surface area contributed by atoms with Gasteiger partial charge in [-0.3, -0.25) is 4.98 Å². The van der Waals surface area contributed by atoms with Gasteiger partial charge in [0.1, 0.15) is 16.3 Å². The van der Waals surface area contributed by atoms with Gasteiger partial charge in [-0.15, -0.1) is 11.3 Å². The first-order valence-corrected chi connectivity index (χ1v) is 9.66. The fourth-order valence-corrected chi connectivity index (χ4v) is 4.45. The van der Waals surface area contributed by atoms with Crippen molar-refractivity contribution >= 4 is 27.4 Å². The molecule has 5 rings (SSSR count). The minimum Gasteiger partial charge on any atom is -0.356 e. The molecule has 0 N–H and O–H groups in total. The Morgan fingerprint density at radius 2 is 1.77 bits per heavy atom. The lowest BCUT2D eigenvalue weighted by molar-refractivity contribution is 0.612. The summed E-state index contributed by atoms with van der Waals surface area (Å²) in [7, 11) is 0. The number of pyridine rings is 1. The summed E-state index contributed by atoms with van der Waals surface area (Å²) in [5, 5.41) is 1.18. The number of aryl methyl sites for hydroxylation is 1. The number of hydrogen-bond acceptors (Lipinski definition) is 5. The van der Waals surface area contributed by atoms with Gasteiger partial charge in [0.2, 0.25) is 0 Å². The Hall–Kier alpha value is -2.79. The van der Waals surface area contributed by atoms with Crippen molar-refractivity contribution in [3.8, 4) is 22.6 Å². The molecular weight excluding hydrogens is 340 g/mol. The summed E-state index contributed by atoms with van der Waals surface area (Å²) in [6.07, 6.45) is 3.01. The predicted octanol–water partition coefficient (Wildman–Crippen LogP) is 4.94. The van der Waals surface area contributed by atoms with Crippen molar-refractivity contribution in [2.75, 3.05) is 18.0 Å². The molecule has 0 unspecified atom stereocenters. The van der Waals surface area contributed by atoms with E-state index in [2.05, 4.69) is 47.1 Å². The maximum atomic E-state index is 4.95. The van der Waals surface area contributed by atoms with Crippen LogP contribution in [0.2, 0.25) is 0 Å². The van der Waals surface area contributed by atoms with E-state index in [0.29, 0.717) is 5.82 Å². The number of hydrogen-bond donors (Lipinski definition) is 0. The van der Waals surface area contributed by atoms with Gasteiger partial charge in [0.05, 0.1) is 5.39 Å². The minimum absolute atomic E-state index is 0.709. The van der Waals surface area contributed by atoms with E-state index < -0.39 is 0 Å². The van der Waals surface area contributed by atoms with Gasteiger partial charge in [-0.1, -0.05) is 36.4 Å². The molecule has 1 fully saturated rings. The lowest BCUT2D eigenvalue weighted by atomic mass is 10.0. The van der Waals surface area contributed by atoms with Gasteiger partial charge in [-0.05, 0) is 31.0 Å². The largest absolute Gasteiger partial charge is 0.356 e. The van der Waals surface area contributed by atoms with Crippen LogP contribution in [0.15, 0.2) is 54.7 Å². The summed E-state index contributed by atoms with van der Waals surface area (Å²) in [6.45, 7) is 4.28. The lowest BCUT2D eigenvalue weighted by Gasteiger charge is -2.33. The van der Waals surface area contributed by atoms with E-state index in [1.165, 1.54) is 27.8 Å². The molecule has 0 radical (unpaired) electrons. The third-order valence-electron chi connectivity index (χ3n) is 4.82. The quantitative estimate of drug-likeness (QED) is 0.520. The van der Waals surface area contributed by atoms with Crippen LogP contribution in [0.1, 0.15) is 11.3 Å². The molecule has 4 aromatic rings. The van der Waals surface area contributed by atoms with Gasteiger partial charge in [-0.2, -0.15) is 0 Å².